The van der Waals surface area contributed by atoms with E-state index in [2.05, 4.69) is 4.98 Å². The summed E-state index contributed by atoms with van der Waals surface area (Å²) in [5.41, 5.74) is 7.80. The third-order valence-corrected chi connectivity index (χ3v) is 3.32. The molecule has 2 N–H and O–H groups in total. The molecular weight excluding hydrogens is 267 g/mol. The van der Waals surface area contributed by atoms with Crippen LogP contribution in [0.15, 0.2) is 60.8 Å². The zero-order chi connectivity index (χ0) is 14.7. The van der Waals surface area contributed by atoms with Crippen molar-refractivity contribution < 1.29 is 9.13 Å². The normalized spacial score (nSPS) is 12.3. The number of ether oxygens (including phenoxy) is 1. The maximum Gasteiger partial charge on any atom is 0.128 e. The first-order valence-electron chi connectivity index (χ1n) is 6.71. The molecule has 0 amide bonds. The molecular formula is C17H15FN2O. The number of pyridine rings is 1. The van der Waals surface area contributed by atoms with E-state index >= 15 is 0 Å². The van der Waals surface area contributed by atoms with Crippen molar-refractivity contribution in [2.75, 3.05) is 6.61 Å². The third-order valence-electron chi connectivity index (χ3n) is 3.32. The van der Waals surface area contributed by atoms with Crippen LogP contribution in [0, 0.1) is 5.82 Å². The van der Waals surface area contributed by atoms with Gasteiger partial charge in [-0.2, -0.15) is 0 Å². The minimum absolute atomic E-state index is 0.271. The van der Waals surface area contributed by atoms with Crippen LogP contribution in [0.3, 0.4) is 0 Å². The van der Waals surface area contributed by atoms with Crippen molar-refractivity contribution in [3.05, 3.63) is 72.2 Å². The molecule has 1 aromatic heterocycles. The minimum Gasteiger partial charge on any atom is -0.491 e. The van der Waals surface area contributed by atoms with Crippen LogP contribution in [0.1, 0.15) is 11.6 Å². The molecule has 0 spiro atoms. The second kappa shape index (κ2) is 5.89. The van der Waals surface area contributed by atoms with Gasteiger partial charge in [0.25, 0.3) is 0 Å². The number of fused-ring (bicyclic) bond motifs is 1. The molecule has 3 aromatic rings. The van der Waals surface area contributed by atoms with Crippen LogP contribution in [0.5, 0.6) is 5.75 Å². The highest BCUT2D eigenvalue weighted by Crippen LogP contribution is 2.24. The molecule has 3 rings (SSSR count). The molecule has 4 heteroatoms. The van der Waals surface area contributed by atoms with Gasteiger partial charge in [0.15, 0.2) is 0 Å². The molecule has 1 unspecified atom stereocenters. The van der Waals surface area contributed by atoms with Crippen molar-refractivity contribution in [3.8, 4) is 5.75 Å². The van der Waals surface area contributed by atoms with Crippen LogP contribution in [0.4, 0.5) is 4.39 Å². The van der Waals surface area contributed by atoms with Crippen molar-refractivity contribution in [2.45, 2.75) is 6.04 Å². The number of benzene rings is 2. The summed E-state index contributed by atoms with van der Waals surface area (Å²) in [5.74, 6) is 0.477. The lowest BCUT2D eigenvalue weighted by molar-refractivity contribution is 0.294. The Labute approximate surface area is 122 Å². The van der Waals surface area contributed by atoms with Gasteiger partial charge < -0.3 is 10.5 Å². The maximum atomic E-state index is 12.9. The Kier molecular flexibility index (Phi) is 3.79. The summed E-state index contributed by atoms with van der Waals surface area (Å²) in [7, 11) is 0. The smallest absolute Gasteiger partial charge is 0.128 e. The maximum absolute atomic E-state index is 12.9. The number of rotatable bonds is 4. The van der Waals surface area contributed by atoms with Crippen LogP contribution in [-0.4, -0.2) is 11.6 Å². The van der Waals surface area contributed by atoms with E-state index in [0.29, 0.717) is 6.61 Å². The second-order valence-corrected chi connectivity index (χ2v) is 4.80. The molecule has 0 aliphatic rings. The minimum atomic E-state index is -0.308. The molecule has 106 valence electrons. The molecule has 0 aliphatic heterocycles. The van der Waals surface area contributed by atoms with Crippen LogP contribution in [0.25, 0.3) is 10.9 Å². The molecule has 0 aliphatic carbocycles. The lowest BCUT2D eigenvalue weighted by atomic mass is 10.1. The summed E-state index contributed by atoms with van der Waals surface area (Å²) in [6.45, 7) is 0.319. The highest BCUT2D eigenvalue weighted by atomic mass is 19.1. The van der Waals surface area contributed by atoms with Crippen LogP contribution in [-0.2, 0) is 0 Å². The molecule has 3 nitrogen and oxygen atoms in total. The van der Waals surface area contributed by atoms with Crippen molar-refractivity contribution >= 4 is 10.9 Å². The summed E-state index contributed by atoms with van der Waals surface area (Å²) >= 11 is 0. The van der Waals surface area contributed by atoms with E-state index in [0.717, 1.165) is 22.2 Å². The van der Waals surface area contributed by atoms with E-state index in [1.807, 2.05) is 30.3 Å². The standard InChI is InChI=1S/C17H15FN2O/c18-13-8-6-12(7-9-13)15(19)11-21-17-5-1-4-16-14(17)3-2-10-20-16/h1-10,15H,11,19H2. The van der Waals surface area contributed by atoms with Gasteiger partial charge in [0.1, 0.15) is 18.2 Å². The first kappa shape index (κ1) is 13.5. The van der Waals surface area contributed by atoms with Crippen molar-refractivity contribution in [1.29, 1.82) is 0 Å². The molecule has 0 saturated heterocycles. The Morgan fingerprint density at radius 2 is 1.86 bits per heavy atom. The van der Waals surface area contributed by atoms with Gasteiger partial charge in [0.05, 0.1) is 11.6 Å². The lowest BCUT2D eigenvalue weighted by Gasteiger charge is -2.14. The fraction of sp³-hybridized carbons (Fsp3) is 0.118. The van der Waals surface area contributed by atoms with E-state index in [-0.39, 0.29) is 11.9 Å². The largest absolute Gasteiger partial charge is 0.491 e. The van der Waals surface area contributed by atoms with E-state index in [1.165, 1.54) is 12.1 Å². The number of nitrogens with two attached hydrogens (primary N) is 1. The Bertz CT molecular complexity index is 738. The average Bonchev–Trinajstić information content (AvgIpc) is 2.53. The Hall–Kier alpha value is -2.46. The molecule has 1 heterocycles. The molecule has 2 aromatic carbocycles. The molecule has 21 heavy (non-hydrogen) atoms. The van der Waals surface area contributed by atoms with Crippen molar-refractivity contribution in [2.24, 2.45) is 5.73 Å². The van der Waals surface area contributed by atoms with Gasteiger partial charge in [-0.05, 0) is 42.0 Å². The second-order valence-electron chi connectivity index (χ2n) is 4.80. The fourth-order valence-electron chi connectivity index (χ4n) is 2.19. The molecule has 0 radical (unpaired) electrons. The SMILES string of the molecule is NC(COc1cccc2ncccc12)c1ccc(F)cc1. The van der Waals surface area contributed by atoms with Crippen LogP contribution < -0.4 is 10.5 Å². The van der Waals surface area contributed by atoms with E-state index in [4.69, 9.17) is 10.5 Å². The van der Waals surface area contributed by atoms with E-state index < -0.39 is 0 Å². The number of hydrogen-bond acceptors (Lipinski definition) is 3. The number of hydrogen-bond donors (Lipinski definition) is 1. The predicted molar refractivity (Wildman–Crippen MR) is 80.6 cm³/mol. The number of aromatic nitrogens is 1. The summed E-state index contributed by atoms with van der Waals surface area (Å²) < 4.78 is 18.7. The molecule has 1 atom stereocenters. The van der Waals surface area contributed by atoms with Gasteiger partial charge in [-0.15, -0.1) is 0 Å². The summed E-state index contributed by atoms with van der Waals surface area (Å²) in [4.78, 5) is 4.28. The van der Waals surface area contributed by atoms with Crippen molar-refractivity contribution in [1.82, 2.24) is 4.98 Å². The summed E-state index contributed by atoms with van der Waals surface area (Å²) in [6.07, 6.45) is 1.75. The zero-order valence-corrected chi connectivity index (χ0v) is 11.4. The Morgan fingerprint density at radius 3 is 2.67 bits per heavy atom. The highest BCUT2D eigenvalue weighted by molar-refractivity contribution is 5.84. The zero-order valence-electron chi connectivity index (χ0n) is 11.4. The quantitative estimate of drug-likeness (QED) is 0.797. The van der Waals surface area contributed by atoms with Gasteiger partial charge in [-0.25, -0.2) is 4.39 Å². The fourth-order valence-corrected chi connectivity index (χ4v) is 2.19. The van der Waals surface area contributed by atoms with E-state index in [9.17, 15) is 4.39 Å². The summed E-state index contributed by atoms with van der Waals surface area (Å²) in [5, 5.41) is 0.950. The topological polar surface area (TPSA) is 48.1 Å². The first-order chi connectivity index (χ1) is 10.2. The molecule has 0 saturated carbocycles. The third kappa shape index (κ3) is 3.01. The van der Waals surface area contributed by atoms with E-state index in [1.54, 1.807) is 18.3 Å². The van der Waals surface area contributed by atoms with Gasteiger partial charge in [0, 0.05) is 11.6 Å². The van der Waals surface area contributed by atoms with Gasteiger partial charge in [0.2, 0.25) is 0 Å². The van der Waals surface area contributed by atoms with Gasteiger partial charge in [-0.3, -0.25) is 4.98 Å². The number of nitrogens with zero attached hydrogens (tertiary/aromatic N) is 1. The molecule has 0 bridgehead atoms. The monoisotopic (exact) mass is 282 g/mol. The Morgan fingerprint density at radius 1 is 1.05 bits per heavy atom. The highest BCUT2D eigenvalue weighted by Gasteiger charge is 2.09. The Balaban J connectivity index is 1.76. The number of halogens is 1. The van der Waals surface area contributed by atoms with Crippen molar-refractivity contribution in [3.63, 3.8) is 0 Å². The van der Waals surface area contributed by atoms with Gasteiger partial charge in [-0.1, -0.05) is 18.2 Å². The average molecular weight is 282 g/mol. The van der Waals surface area contributed by atoms with Crippen LogP contribution >= 0.6 is 0 Å². The molecule has 0 fully saturated rings. The lowest BCUT2D eigenvalue weighted by Crippen LogP contribution is -2.19. The van der Waals surface area contributed by atoms with Gasteiger partial charge >= 0.3 is 0 Å². The first-order valence-corrected chi connectivity index (χ1v) is 6.71. The summed E-state index contributed by atoms with van der Waals surface area (Å²) in [6, 6.07) is 15.4. The van der Waals surface area contributed by atoms with Crippen LogP contribution in [0.2, 0.25) is 0 Å². The predicted octanol–water partition coefficient (Wildman–Crippen LogP) is 3.45.